The Balaban J connectivity index is 2.26. The van der Waals surface area contributed by atoms with E-state index in [0.717, 1.165) is 17.5 Å². The highest BCUT2D eigenvalue weighted by atomic mass is 16.5. The normalized spacial score (nSPS) is 28.4. The molecule has 2 atom stereocenters. The Bertz CT molecular complexity index is 654. The van der Waals surface area contributed by atoms with E-state index in [2.05, 4.69) is 52.8 Å². The lowest BCUT2D eigenvalue weighted by molar-refractivity contribution is 0.0888. The molecule has 0 amide bonds. The van der Waals surface area contributed by atoms with Gasteiger partial charge in [0.05, 0.1) is 7.11 Å². The molecule has 0 aromatic heterocycles. The van der Waals surface area contributed by atoms with Gasteiger partial charge in [-0.25, -0.2) is 0 Å². The first-order valence-corrected chi connectivity index (χ1v) is 8.85. The van der Waals surface area contributed by atoms with Crippen molar-refractivity contribution in [3.05, 3.63) is 28.8 Å². The number of phenolic OH excluding ortho intramolecular Hbond substituents is 1. The number of hydrogen-bond donors (Lipinski definition) is 1. The van der Waals surface area contributed by atoms with E-state index in [4.69, 9.17) is 4.74 Å². The second-order valence-electron chi connectivity index (χ2n) is 8.56. The summed E-state index contributed by atoms with van der Waals surface area (Å²) < 4.78 is 5.61. The molecule has 0 bridgehead atoms. The number of fused-ring (bicyclic) bond motifs is 3. The van der Waals surface area contributed by atoms with Crippen LogP contribution < -0.4 is 4.74 Å². The van der Waals surface area contributed by atoms with Gasteiger partial charge in [-0.3, -0.25) is 0 Å². The summed E-state index contributed by atoms with van der Waals surface area (Å²) in [4.78, 5) is 0. The Morgan fingerprint density at radius 1 is 1.22 bits per heavy atom. The van der Waals surface area contributed by atoms with Gasteiger partial charge in [-0.1, -0.05) is 53.2 Å². The van der Waals surface area contributed by atoms with Gasteiger partial charge < -0.3 is 9.84 Å². The molecule has 2 heteroatoms. The Morgan fingerprint density at radius 2 is 1.91 bits per heavy atom. The molecule has 2 nitrogen and oxygen atoms in total. The number of hydrogen-bond acceptors (Lipinski definition) is 2. The number of methoxy groups -OCH3 is 1. The molecule has 1 aromatic rings. The highest BCUT2D eigenvalue weighted by Crippen LogP contribution is 2.59. The van der Waals surface area contributed by atoms with Crippen LogP contribution in [0.5, 0.6) is 11.5 Å². The van der Waals surface area contributed by atoms with Crippen LogP contribution in [0.1, 0.15) is 76.5 Å². The van der Waals surface area contributed by atoms with Crippen LogP contribution in [-0.4, -0.2) is 12.2 Å². The molecule has 1 N–H and O–H groups in total. The van der Waals surface area contributed by atoms with Crippen molar-refractivity contribution in [3.63, 3.8) is 0 Å². The van der Waals surface area contributed by atoms with Crippen LogP contribution in [0.2, 0.25) is 0 Å². The smallest absolute Gasteiger partial charge is 0.164 e. The summed E-state index contributed by atoms with van der Waals surface area (Å²) in [6.07, 6.45) is 8.18. The van der Waals surface area contributed by atoms with Gasteiger partial charge in [0.1, 0.15) is 0 Å². The van der Waals surface area contributed by atoms with Crippen molar-refractivity contribution in [2.24, 2.45) is 11.3 Å². The summed E-state index contributed by atoms with van der Waals surface area (Å²) in [5.41, 5.74) is 3.60. The molecule has 3 rings (SSSR count). The zero-order chi connectivity index (χ0) is 17.0. The lowest BCUT2D eigenvalue weighted by atomic mass is 9.52. The molecule has 2 aliphatic carbocycles. The molecule has 0 heterocycles. The minimum absolute atomic E-state index is 0.0152. The maximum atomic E-state index is 11.1. The highest BCUT2D eigenvalue weighted by molar-refractivity contribution is 5.70. The van der Waals surface area contributed by atoms with Gasteiger partial charge in [0.15, 0.2) is 11.5 Å². The summed E-state index contributed by atoms with van der Waals surface area (Å²) >= 11 is 0. The number of rotatable bonds is 2. The van der Waals surface area contributed by atoms with Crippen molar-refractivity contribution in [2.45, 2.75) is 65.2 Å². The number of allylic oxidation sites excluding steroid dienone is 1. The fourth-order valence-electron chi connectivity index (χ4n) is 5.11. The molecule has 0 radical (unpaired) electrons. The van der Waals surface area contributed by atoms with Gasteiger partial charge in [-0.15, -0.1) is 0 Å². The van der Waals surface area contributed by atoms with Crippen molar-refractivity contribution in [2.75, 3.05) is 7.11 Å². The minimum atomic E-state index is -0.0152. The first-order valence-electron chi connectivity index (χ1n) is 8.85. The van der Waals surface area contributed by atoms with Crippen molar-refractivity contribution in [1.82, 2.24) is 0 Å². The van der Waals surface area contributed by atoms with E-state index in [1.807, 2.05) is 0 Å². The van der Waals surface area contributed by atoms with Gasteiger partial charge >= 0.3 is 0 Å². The van der Waals surface area contributed by atoms with Crippen LogP contribution in [0, 0.1) is 11.3 Å². The summed E-state index contributed by atoms with van der Waals surface area (Å²) in [5.74, 6) is 1.81. The molecular weight excluding hydrogens is 284 g/mol. The largest absolute Gasteiger partial charge is 0.504 e. The monoisotopic (exact) mass is 314 g/mol. The molecule has 2 aliphatic rings. The van der Waals surface area contributed by atoms with Crippen molar-refractivity contribution < 1.29 is 9.84 Å². The average molecular weight is 314 g/mol. The zero-order valence-corrected chi connectivity index (χ0v) is 15.4. The van der Waals surface area contributed by atoms with E-state index in [9.17, 15) is 5.11 Å². The summed E-state index contributed by atoms with van der Waals surface area (Å²) in [6, 6.07) is 2.22. The van der Waals surface area contributed by atoms with Gasteiger partial charge in [-0.2, -0.15) is 0 Å². The lowest BCUT2D eigenvalue weighted by Gasteiger charge is -2.52. The second-order valence-corrected chi connectivity index (χ2v) is 8.56. The molecule has 1 aromatic carbocycles. The van der Waals surface area contributed by atoms with Crippen LogP contribution >= 0.6 is 0 Å². The van der Waals surface area contributed by atoms with Gasteiger partial charge in [-0.05, 0) is 41.7 Å². The van der Waals surface area contributed by atoms with Crippen molar-refractivity contribution in [1.29, 1.82) is 0 Å². The first-order chi connectivity index (χ1) is 10.7. The van der Waals surface area contributed by atoms with Crippen LogP contribution in [0.25, 0.3) is 6.08 Å². The number of phenols is 1. The average Bonchev–Trinajstić information content (AvgIpc) is 2.45. The summed E-state index contributed by atoms with van der Waals surface area (Å²) in [6.45, 7) is 11.3. The standard InChI is InChI=1S/C21H30O2/c1-13(2)15-12-14-8-9-16-20(3,4)10-7-11-21(16,5)17(14)18(22)19(15)23-6/h8-9,12-13,16,22H,7,10-11H2,1-6H3/t16-,21+/m0/s1. The van der Waals surface area contributed by atoms with E-state index < -0.39 is 0 Å². The molecular formula is C21H30O2. The quantitative estimate of drug-likeness (QED) is 0.766. The maximum Gasteiger partial charge on any atom is 0.164 e. The molecule has 1 saturated carbocycles. The van der Waals surface area contributed by atoms with E-state index in [1.54, 1.807) is 7.11 Å². The van der Waals surface area contributed by atoms with Crippen molar-refractivity contribution >= 4 is 6.08 Å². The SMILES string of the molecule is COc1c(C(C)C)cc2c(c1O)[C@]1(C)CCCC(C)(C)[C@@H]1C=C2. The topological polar surface area (TPSA) is 29.5 Å². The molecule has 0 unspecified atom stereocenters. The Labute approximate surface area is 140 Å². The second kappa shape index (κ2) is 5.29. The molecule has 1 fully saturated rings. The fourth-order valence-corrected chi connectivity index (χ4v) is 5.11. The molecule has 126 valence electrons. The number of aromatic hydroxyl groups is 1. The van der Waals surface area contributed by atoms with Crippen LogP contribution in [-0.2, 0) is 5.41 Å². The van der Waals surface area contributed by atoms with Gasteiger partial charge in [0, 0.05) is 16.5 Å². The van der Waals surface area contributed by atoms with Crippen LogP contribution in [0.4, 0.5) is 0 Å². The van der Waals surface area contributed by atoms with E-state index in [0.29, 0.717) is 23.3 Å². The number of ether oxygens (including phenoxy) is 1. The predicted molar refractivity (Wildman–Crippen MR) is 96.3 cm³/mol. The summed E-state index contributed by atoms with van der Waals surface area (Å²) in [5, 5.41) is 11.1. The van der Waals surface area contributed by atoms with Gasteiger partial charge in [0.25, 0.3) is 0 Å². The third-order valence-electron chi connectivity index (χ3n) is 6.22. The predicted octanol–water partition coefficient (Wildman–Crippen LogP) is 5.64. The summed E-state index contributed by atoms with van der Waals surface area (Å²) in [7, 11) is 1.66. The Hall–Kier alpha value is -1.44. The molecule has 0 aliphatic heterocycles. The molecule has 0 saturated heterocycles. The van der Waals surface area contributed by atoms with Gasteiger partial charge in [0.2, 0.25) is 0 Å². The third-order valence-corrected chi connectivity index (χ3v) is 6.22. The first kappa shape index (κ1) is 16.4. The molecule has 0 spiro atoms. The van der Waals surface area contributed by atoms with E-state index in [1.165, 1.54) is 18.4 Å². The number of benzene rings is 1. The minimum Gasteiger partial charge on any atom is -0.504 e. The lowest BCUT2D eigenvalue weighted by Crippen LogP contribution is -2.45. The maximum absolute atomic E-state index is 11.1. The fraction of sp³-hybridized carbons (Fsp3) is 0.619. The Kier molecular flexibility index (Phi) is 3.78. The highest BCUT2D eigenvalue weighted by Gasteiger charge is 2.49. The van der Waals surface area contributed by atoms with Crippen LogP contribution in [0.3, 0.4) is 0 Å². The third kappa shape index (κ3) is 2.29. The molecule has 23 heavy (non-hydrogen) atoms. The van der Waals surface area contributed by atoms with E-state index in [-0.39, 0.29) is 10.8 Å². The van der Waals surface area contributed by atoms with Crippen molar-refractivity contribution in [3.8, 4) is 11.5 Å². The zero-order valence-electron chi connectivity index (χ0n) is 15.4. The van der Waals surface area contributed by atoms with E-state index >= 15 is 0 Å². The Morgan fingerprint density at radius 3 is 2.52 bits per heavy atom. The van der Waals surface area contributed by atoms with Crippen LogP contribution in [0.15, 0.2) is 12.1 Å².